The van der Waals surface area contributed by atoms with Crippen LogP contribution in [0.2, 0.25) is 0 Å². The maximum absolute atomic E-state index is 11.2. The van der Waals surface area contributed by atoms with Crippen LogP contribution in [0.4, 0.5) is 0 Å². The maximum Gasteiger partial charge on any atom is 0.163 e. The molecule has 0 spiro atoms. The van der Waals surface area contributed by atoms with E-state index in [1.54, 1.807) is 13.1 Å². The van der Waals surface area contributed by atoms with Crippen LogP contribution in [0.3, 0.4) is 0 Å². The Labute approximate surface area is 77.7 Å². The number of hydrogen-bond acceptors (Lipinski definition) is 2. The van der Waals surface area contributed by atoms with Crippen LogP contribution in [0.15, 0.2) is 6.20 Å². The number of aromatic nitrogens is 2. The molecule has 1 heterocycles. The quantitative estimate of drug-likeness (QED) is 0.650. The molecule has 0 N–H and O–H groups in total. The molecule has 1 aromatic rings. The minimum atomic E-state index is 0.114. The fraction of sp³-hybridized carbons (Fsp3) is 0.600. The van der Waals surface area contributed by atoms with Gasteiger partial charge in [0.15, 0.2) is 5.78 Å². The standard InChI is InChI=1S/C10H14N2O/c1-7-10(8(2)13)6-11-12(7)9-4-3-5-9/h6,9H,3-5H2,1-2H3. The first-order valence-electron chi connectivity index (χ1n) is 4.75. The molecule has 1 fully saturated rings. The summed E-state index contributed by atoms with van der Waals surface area (Å²) in [6, 6.07) is 0.549. The summed E-state index contributed by atoms with van der Waals surface area (Å²) in [5, 5.41) is 4.25. The van der Waals surface area contributed by atoms with Crippen LogP contribution in [0.1, 0.15) is 48.3 Å². The number of nitrogens with zero attached hydrogens (tertiary/aromatic N) is 2. The van der Waals surface area contributed by atoms with Crippen molar-refractivity contribution < 1.29 is 4.79 Å². The molecule has 0 amide bonds. The molecule has 70 valence electrons. The first-order valence-corrected chi connectivity index (χ1v) is 4.75. The SMILES string of the molecule is CC(=O)c1cnn(C2CCC2)c1C. The lowest BCUT2D eigenvalue weighted by Crippen LogP contribution is -2.19. The van der Waals surface area contributed by atoms with Crippen molar-refractivity contribution >= 4 is 5.78 Å². The normalized spacial score (nSPS) is 17.1. The molecule has 1 aromatic heterocycles. The van der Waals surface area contributed by atoms with Crippen molar-refractivity contribution in [3.05, 3.63) is 17.5 Å². The van der Waals surface area contributed by atoms with Gasteiger partial charge in [0.1, 0.15) is 0 Å². The van der Waals surface area contributed by atoms with Crippen molar-refractivity contribution in [2.24, 2.45) is 0 Å². The minimum Gasteiger partial charge on any atom is -0.294 e. The number of hydrogen-bond donors (Lipinski definition) is 0. The molecule has 0 radical (unpaired) electrons. The van der Waals surface area contributed by atoms with Gasteiger partial charge in [-0.2, -0.15) is 5.10 Å². The van der Waals surface area contributed by atoms with Gasteiger partial charge in [0.2, 0.25) is 0 Å². The maximum atomic E-state index is 11.2. The minimum absolute atomic E-state index is 0.114. The molecular formula is C10H14N2O. The second-order valence-corrected chi connectivity index (χ2v) is 3.73. The van der Waals surface area contributed by atoms with Crippen LogP contribution in [0.25, 0.3) is 0 Å². The van der Waals surface area contributed by atoms with Crippen molar-refractivity contribution in [2.75, 3.05) is 0 Å². The molecule has 13 heavy (non-hydrogen) atoms. The zero-order chi connectivity index (χ0) is 9.42. The molecule has 0 atom stereocenters. The Morgan fingerprint density at radius 2 is 2.31 bits per heavy atom. The van der Waals surface area contributed by atoms with E-state index in [0.717, 1.165) is 11.3 Å². The first kappa shape index (κ1) is 8.48. The van der Waals surface area contributed by atoms with Gasteiger partial charge in [-0.15, -0.1) is 0 Å². The third-order valence-corrected chi connectivity index (χ3v) is 2.84. The van der Waals surface area contributed by atoms with E-state index in [9.17, 15) is 4.79 Å². The second kappa shape index (κ2) is 2.98. The van der Waals surface area contributed by atoms with Gasteiger partial charge < -0.3 is 0 Å². The number of rotatable bonds is 2. The van der Waals surface area contributed by atoms with E-state index in [-0.39, 0.29) is 5.78 Å². The Balaban J connectivity index is 2.32. The lowest BCUT2D eigenvalue weighted by Gasteiger charge is -2.26. The Bertz CT molecular complexity index is 337. The van der Waals surface area contributed by atoms with Crippen molar-refractivity contribution in [2.45, 2.75) is 39.2 Å². The summed E-state index contributed by atoms with van der Waals surface area (Å²) < 4.78 is 2.00. The third kappa shape index (κ3) is 1.28. The summed E-state index contributed by atoms with van der Waals surface area (Å²) in [5.41, 5.74) is 1.80. The molecule has 1 saturated carbocycles. The highest BCUT2D eigenvalue weighted by atomic mass is 16.1. The Kier molecular flexibility index (Phi) is 1.94. The smallest absolute Gasteiger partial charge is 0.163 e. The highest BCUT2D eigenvalue weighted by Gasteiger charge is 2.23. The van der Waals surface area contributed by atoms with E-state index in [1.807, 2.05) is 11.6 Å². The Hall–Kier alpha value is -1.12. The van der Waals surface area contributed by atoms with E-state index in [0.29, 0.717) is 6.04 Å². The van der Waals surface area contributed by atoms with Gasteiger partial charge in [0.25, 0.3) is 0 Å². The molecule has 0 bridgehead atoms. The van der Waals surface area contributed by atoms with Gasteiger partial charge >= 0.3 is 0 Å². The van der Waals surface area contributed by atoms with Crippen LogP contribution >= 0.6 is 0 Å². The van der Waals surface area contributed by atoms with Gasteiger partial charge in [-0.25, -0.2) is 0 Å². The number of carbonyl (C=O) groups is 1. The van der Waals surface area contributed by atoms with Gasteiger partial charge in [0, 0.05) is 5.69 Å². The lowest BCUT2D eigenvalue weighted by molar-refractivity contribution is 0.101. The molecule has 1 aliphatic carbocycles. The van der Waals surface area contributed by atoms with Crippen LogP contribution in [-0.4, -0.2) is 15.6 Å². The predicted octanol–water partition coefficient (Wildman–Crippen LogP) is 2.12. The fourth-order valence-corrected chi connectivity index (χ4v) is 1.77. The Morgan fingerprint density at radius 3 is 2.69 bits per heavy atom. The molecule has 0 unspecified atom stereocenters. The zero-order valence-corrected chi connectivity index (χ0v) is 8.08. The lowest BCUT2D eigenvalue weighted by atomic mass is 9.93. The summed E-state index contributed by atoms with van der Waals surface area (Å²) in [6.07, 6.45) is 5.40. The van der Waals surface area contributed by atoms with Crippen LogP contribution < -0.4 is 0 Å². The highest BCUT2D eigenvalue weighted by Crippen LogP contribution is 2.32. The Morgan fingerprint density at radius 1 is 1.62 bits per heavy atom. The number of carbonyl (C=O) groups excluding carboxylic acids is 1. The van der Waals surface area contributed by atoms with Gasteiger partial charge in [-0.1, -0.05) is 0 Å². The molecule has 1 aliphatic rings. The van der Waals surface area contributed by atoms with E-state index in [2.05, 4.69) is 5.10 Å². The summed E-state index contributed by atoms with van der Waals surface area (Å²) in [4.78, 5) is 11.2. The van der Waals surface area contributed by atoms with E-state index >= 15 is 0 Å². The first-order chi connectivity index (χ1) is 6.20. The molecule has 3 nitrogen and oxygen atoms in total. The van der Waals surface area contributed by atoms with E-state index < -0.39 is 0 Å². The second-order valence-electron chi connectivity index (χ2n) is 3.73. The molecule has 0 aliphatic heterocycles. The monoisotopic (exact) mass is 178 g/mol. The van der Waals surface area contributed by atoms with E-state index in [1.165, 1.54) is 19.3 Å². The molecule has 3 heteroatoms. The fourth-order valence-electron chi connectivity index (χ4n) is 1.77. The number of ketones is 1. The van der Waals surface area contributed by atoms with Crippen LogP contribution in [-0.2, 0) is 0 Å². The van der Waals surface area contributed by atoms with Gasteiger partial charge in [-0.3, -0.25) is 9.48 Å². The third-order valence-electron chi connectivity index (χ3n) is 2.84. The number of Topliss-reactive ketones (excluding diaryl/α,β-unsaturated/α-hetero) is 1. The summed E-state index contributed by atoms with van der Waals surface area (Å²) in [6.45, 7) is 3.57. The highest BCUT2D eigenvalue weighted by molar-refractivity contribution is 5.94. The topological polar surface area (TPSA) is 34.9 Å². The molecule has 0 saturated heterocycles. The predicted molar refractivity (Wildman–Crippen MR) is 49.9 cm³/mol. The van der Waals surface area contributed by atoms with Crippen molar-refractivity contribution in [3.8, 4) is 0 Å². The largest absolute Gasteiger partial charge is 0.294 e. The molecule has 2 rings (SSSR count). The van der Waals surface area contributed by atoms with Crippen LogP contribution in [0, 0.1) is 6.92 Å². The summed E-state index contributed by atoms with van der Waals surface area (Å²) >= 11 is 0. The van der Waals surface area contributed by atoms with Crippen molar-refractivity contribution in [1.29, 1.82) is 0 Å². The van der Waals surface area contributed by atoms with E-state index in [4.69, 9.17) is 0 Å². The van der Waals surface area contributed by atoms with Crippen molar-refractivity contribution in [3.63, 3.8) is 0 Å². The summed E-state index contributed by atoms with van der Waals surface area (Å²) in [5.74, 6) is 0.114. The average molecular weight is 178 g/mol. The average Bonchev–Trinajstić information content (AvgIpc) is 2.29. The van der Waals surface area contributed by atoms with Gasteiger partial charge in [-0.05, 0) is 33.1 Å². The zero-order valence-electron chi connectivity index (χ0n) is 8.08. The summed E-state index contributed by atoms with van der Waals surface area (Å²) in [7, 11) is 0. The molecular weight excluding hydrogens is 164 g/mol. The van der Waals surface area contributed by atoms with Crippen LogP contribution in [0.5, 0.6) is 0 Å². The van der Waals surface area contributed by atoms with Crippen molar-refractivity contribution in [1.82, 2.24) is 9.78 Å². The van der Waals surface area contributed by atoms with Gasteiger partial charge in [0.05, 0.1) is 17.8 Å². The molecule has 0 aromatic carbocycles.